The lowest BCUT2D eigenvalue weighted by atomic mass is 10.3. The van der Waals surface area contributed by atoms with Crippen LogP contribution >= 0.6 is 12.2 Å². The van der Waals surface area contributed by atoms with Crippen LogP contribution in [0.2, 0.25) is 0 Å². The van der Waals surface area contributed by atoms with E-state index < -0.39 is 6.10 Å². The van der Waals surface area contributed by atoms with Crippen LogP contribution in [-0.2, 0) is 0 Å². The lowest BCUT2D eigenvalue weighted by Crippen LogP contribution is -2.14. The van der Waals surface area contributed by atoms with Crippen LogP contribution in [0.1, 0.15) is 13.3 Å². The van der Waals surface area contributed by atoms with Crippen molar-refractivity contribution in [3.05, 3.63) is 0 Å². The lowest BCUT2D eigenvalue weighted by molar-refractivity contribution is 0.203. The predicted molar refractivity (Wildman–Crippen MR) is 33.1 cm³/mol. The fourth-order valence-electron chi connectivity index (χ4n) is 0.291. The summed E-state index contributed by atoms with van der Waals surface area (Å²) in [6.07, 6.45) is 0.0347. The molecule has 3 N–H and O–H groups in total. The Hall–Kier alpha value is -0.150. The molecule has 0 aliphatic rings. The Morgan fingerprint density at radius 3 is 2.43 bits per heavy atom. The topological polar surface area (TPSA) is 46.2 Å². The van der Waals surface area contributed by atoms with Crippen LogP contribution in [0.4, 0.5) is 0 Å². The van der Waals surface area contributed by atoms with Gasteiger partial charge in [0.1, 0.15) is 0 Å². The van der Waals surface area contributed by atoms with E-state index in [1.54, 1.807) is 6.92 Å². The van der Waals surface area contributed by atoms with Gasteiger partial charge in [0.25, 0.3) is 0 Å². The van der Waals surface area contributed by atoms with E-state index >= 15 is 0 Å². The molecule has 42 valence electrons. The summed E-state index contributed by atoms with van der Waals surface area (Å²) in [6, 6.07) is 0. The summed E-state index contributed by atoms with van der Waals surface area (Å²) in [5.74, 6) is 0. The van der Waals surface area contributed by atoms with Crippen molar-refractivity contribution in [2.45, 2.75) is 19.4 Å². The van der Waals surface area contributed by atoms with Crippen molar-refractivity contribution < 1.29 is 5.11 Å². The van der Waals surface area contributed by atoms with E-state index in [1.165, 1.54) is 0 Å². The van der Waals surface area contributed by atoms with Gasteiger partial charge in [-0.25, -0.2) is 0 Å². The number of hydrogen-bond acceptors (Lipinski definition) is 2. The highest BCUT2D eigenvalue weighted by Gasteiger charge is 1.94. The minimum absolute atomic E-state index is 0.370. The van der Waals surface area contributed by atoms with Gasteiger partial charge in [-0.15, -0.1) is 0 Å². The van der Waals surface area contributed by atoms with Gasteiger partial charge in [-0.05, 0) is 6.92 Å². The number of nitrogens with two attached hydrogens (primary N) is 1. The van der Waals surface area contributed by atoms with Crippen molar-refractivity contribution in [1.29, 1.82) is 0 Å². The first-order valence-corrected chi connectivity index (χ1v) is 2.50. The fraction of sp³-hybridized carbons (Fsp3) is 0.750. The van der Waals surface area contributed by atoms with Gasteiger partial charge in [-0.2, -0.15) is 0 Å². The van der Waals surface area contributed by atoms with E-state index in [1.807, 2.05) is 0 Å². The molecule has 0 aromatic carbocycles. The highest BCUT2D eigenvalue weighted by atomic mass is 32.1. The maximum absolute atomic E-state index is 8.56. The summed E-state index contributed by atoms with van der Waals surface area (Å²) in [7, 11) is 0. The molecule has 0 saturated carbocycles. The molecule has 1 atom stereocenters. The van der Waals surface area contributed by atoms with Crippen LogP contribution in [0.15, 0.2) is 0 Å². The molecule has 2 nitrogen and oxygen atoms in total. The monoisotopic (exact) mass is 119 g/mol. The SMILES string of the molecule is CC(O)CC(N)=S. The minimum Gasteiger partial charge on any atom is -0.393 e. The van der Waals surface area contributed by atoms with Crippen LogP contribution in [0.5, 0.6) is 0 Å². The smallest absolute Gasteiger partial charge is 0.0753 e. The summed E-state index contributed by atoms with van der Waals surface area (Å²) in [4.78, 5) is 0.370. The zero-order valence-electron chi connectivity index (χ0n) is 4.22. The Bertz CT molecular complexity index is 72.1. The first-order chi connectivity index (χ1) is 3.13. The van der Waals surface area contributed by atoms with Gasteiger partial charge in [0.2, 0.25) is 0 Å². The van der Waals surface area contributed by atoms with Gasteiger partial charge in [0, 0.05) is 6.42 Å². The second-order valence-corrected chi connectivity index (χ2v) is 2.04. The van der Waals surface area contributed by atoms with E-state index in [0.717, 1.165) is 0 Å². The van der Waals surface area contributed by atoms with Crippen molar-refractivity contribution in [3.63, 3.8) is 0 Å². The highest BCUT2D eigenvalue weighted by molar-refractivity contribution is 7.80. The Morgan fingerprint density at radius 1 is 2.00 bits per heavy atom. The molecule has 0 saturated heterocycles. The van der Waals surface area contributed by atoms with Crippen molar-refractivity contribution in [2.24, 2.45) is 5.73 Å². The summed E-state index contributed by atoms with van der Waals surface area (Å²) in [5.41, 5.74) is 5.06. The molecule has 0 aliphatic carbocycles. The van der Waals surface area contributed by atoms with E-state index in [0.29, 0.717) is 11.4 Å². The highest BCUT2D eigenvalue weighted by Crippen LogP contribution is 1.86. The van der Waals surface area contributed by atoms with Gasteiger partial charge < -0.3 is 10.8 Å². The van der Waals surface area contributed by atoms with E-state index in [9.17, 15) is 0 Å². The number of hydrogen-bond donors (Lipinski definition) is 2. The fourth-order valence-corrected chi connectivity index (χ4v) is 0.532. The van der Waals surface area contributed by atoms with Crippen molar-refractivity contribution >= 4 is 17.2 Å². The van der Waals surface area contributed by atoms with E-state index in [4.69, 9.17) is 10.8 Å². The van der Waals surface area contributed by atoms with Gasteiger partial charge >= 0.3 is 0 Å². The lowest BCUT2D eigenvalue weighted by Gasteiger charge is -1.97. The van der Waals surface area contributed by atoms with Crippen LogP contribution < -0.4 is 5.73 Å². The van der Waals surface area contributed by atoms with Crippen molar-refractivity contribution in [1.82, 2.24) is 0 Å². The van der Waals surface area contributed by atoms with E-state index in [-0.39, 0.29) is 0 Å². The van der Waals surface area contributed by atoms with Gasteiger partial charge in [-0.3, -0.25) is 0 Å². The quantitative estimate of drug-likeness (QED) is 0.505. The third kappa shape index (κ3) is 5.85. The van der Waals surface area contributed by atoms with Crippen LogP contribution in [-0.4, -0.2) is 16.2 Å². The molecule has 0 bridgehead atoms. The molecular formula is C4H9NOS. The van der Waals surface area contributed by atoms with E-state index in [2.05, 4.69) is 12.2 Å². The van der Waals surface area contributed by atoms with Gasteiger partial charge in [-0.1, -0.05) is 12.2 Å². The second-order valence-electron chi connectivity index (χ2n) is 1.52. The van der Waals surface area contributed by atoms with Gasteiger partial charge in [0.15, 0.2) is 0 Å². The standard InChI is InChI=1S/C4H9NOS/c1-3(6)2-4(5)7/h3,6H,2H2,1H3,(H2,5,7). The molecule has 0 aromatic rings. The number of rotatable bonds is 2. The minimum atomic E-state index is -0.391. The van der Waals surface area contributed by atoms with Crippen LogP contribution in [0.3, 0.4) is 0 Å². The third-order valence-electron chi connectivity index (χ3n) is 0.497. The van der Waals surface area contributed by atoms with Crippen molar-refractivity contribution in [2.75, 3.05) is 0 Å². The third-order valence-corrected chi connectivity index (χ3v) is 0.663. The zero-order valence-corrected chi connectivity index (χ0v) is 5.03. The molecule has 0 aliphatic heterocycles. The first-order valence-electron chi connectivity index (χ1n) is 2.09. The number of thiocarbonyl (C=S) groups is 1. The normalized spacial score (nSPS) is 13.4. The summed E-state index contributed by atoms with van der Waals surface area (Å²) >= 11 is 4.49. The molecule has 1 unspecified atom stereocenters. The van der Waals surface area contributed by atoms with Crippen molar-refractivity contribution in [3.8, 4) is 0 Å². The average Bonchev–Trinajstić information content (AvgIpc) is 1.27. The number of aliphatic hydroxyl groups excluding tert-OH is 1. The molecule has 3 heteroatoms. The predicted octanol–water partition coefficient (Wildman–Crippen LogP) is 0.0434. The summed E-state index contributed by atoms with van der Waals surface area (Å²) in [5, 5.41) is 8.56. The Balaban J connectivity index is 3.13. The zero-order chi connectivity index (χ0) is 5.86. The number of aliphatic hydroxyl groups is 1. The van der Waals surface area contributed by atoms with Crippen LogP contribution in [0, 0.1) is 0 Å². The summed E-state index contributed by atoms with van der Waals surface area (Å²) < 4.78 is 0. The molecule has 0 fully saturated rings. The Kier molecular flexibility index (Phi) is 2.87. The molecule has 0 spiro atoms. The Labute approximate surface area is 48.3 Å². The largest absolute Gasteiger partial charge is 0.393 e. The molecular weight excluding hydrogens is 110 g/mol. The molecule has 0 aromatic heterocycles. The maximum Gasteiger partial charge on any atom is 0.0753 e. The van der Waals surface area contributed by atoms with Gasteiger partial charge in [0.05, 0.1) is 11.1 Å². The first kappa shape index (κ1) is 6.85. The maximum atomic E-state index is 8.56. The molecule has 0 rings (SSSR count). The average molecular weight is 119 g/mol. The molecule has 0 radical (unpaired) electrons. The molecule has 0 amide bonds. The Morgan fingerprint density at radius 2 is 2.43 bits per heavy atom. The van der Waals surface area contributed by atoms with Crippen LogP contribution in [0.25, 0.3) is 0 Å². The molecule has 0 heterocycles. The molecule has 7 heavy (non-hydrogen) atoms. The second kappa shape index (κ2) is 2.93. The summed E-state index contributed by atoms with van der Waals surface area (Å²) in [6.45, 7) is 1.65.